The topological polar surface area (TPSA) is 42.7 Å². The first kappa shape index (κ1) is 15.9. The van der Waals surface area contributed by atoms with Crippen LogP contribution in [-0.4, -0.2) is 23.5 Å². The van der Waals surface area contributed by atoms with Gasteiger partial charge in [0.2, 0.25) is 0 Å². The molecule has 1 saturated carbocycles. The van der Waals surface area contributed by atoms with Gasteiger partial charge in [-0.15, -0.1) is 0 Å². The van der Waals surface area contributed by atoms with Crippen LogP contribution in [0.4, 0.5) is 0 Å². The van der Waals surface area contributed by atoms with Gasteiger partial charge in [0.25, 0.3) is 0 Å². The van der Waals surface area contributed by atoms with Gasteiger partial charge >= 0.3 is 0 Å². The normalized spacial score (nSPS) is 18.4. The van der Waals surface area contributed by atoms with Gasteiger partial charge in [-0.2, -0.15) is 0 Å². The highest BCUT2D eigenvalue weighted by Gasteiger charge is 2.32. The first-order valence-electron chi connectivity index (χ1n) is 9.49. The molecule has 1 aliphatic carbocycles. The van der Waals surface area contributed by atoms with E-state index < -0.39 is 0 Å². The minimum atomic E-state index is 0.0525. The van der Waals surface area contributed by atoms with Crippen molar-refractivity contribution in [2.75, 3.05) is 6.73 Å². The molecular weight excluding hydrogens is 326 g/mol. The summed E-state index contributed by atoms with van der Waals surface area (Å²) in [6.07, 6.45) is 5.06. The third kappa shape index (κ3) is 2.21. The first-order valence-corrected chi connectivity index (χ1v) is 9.49. The molecule has 2 aromatic carbocycles. The fourth-order valence-electron chi connectivity index (χ4n) is 4.82. The number of ether oxygens (including phenoxy) is 1. The Balaban J connectivity index is 1.80. The standard InChI is InChI=1S/C22H23NO3/c1-13(24)19-14(2)26-22-17-10-6-5-9-16(17)21-18(20(19)22)11-23(12-25-21)15-7-3-4-8-15/h5-6,9-10,15H,3-4,7-8,11-12H2,1-2H3. The molecule has 0 bridgehead atoms. The van der Waals surface area contributed by atoms with Gasteiger partial charge in [0.1, 0.15) is 23.8 Å². The zero-order valence-electron chi connectivity index (χ0n) is 15.3. The molecule has 0 unspecified atom stereocenters. The van der Waals surface area contributed by atoms with Crippen LogP contribution < -0.4 is 4.74 Å². The number of hydrogen-bond donors (Lipinski definition) is 0. The van der Waals surface area contributed by atoms with Crippen molar-refractivity contribution >= 4 is 27.5 Å². The number of ketones is 1. The minimum Gasteiger partial charge on any atom is -0.477 e. The van der Waals surface area contributed by atoms with Gasteiger partial charge in [0, 0.05) is 34.3 Å². The second-order valence-electron chi connectivity index (χ2n) is 7.61. The summed E-state index contributed by atoms with van der Waals surface area (Å²) in [5.74, 6) is 1.67. The lowest BCUT2D eigenvalue weighted by molar-refractivity contribution is 0.0600. The van der Waals surface area contributed by atoms with Crippen molar-refractivity contribution < 1.29 is 13.9 Å². The van der Waals surface area contributed by atoms with Crippen LogP contribution in [0.2, 0.25) is 0 Å². The average molecular weight is 349 g/mol. The second-order valence-corrected chi connectivity index (χ2v) is 7.61. The van der Waals surface area contributed by atoms with Gasteiger partial charge in [0.15, 0.2) is 5.78 Å². The molecule has 5 rings (SSSR count). The molecule has 2 aliphatic rings. The van der Waals surface area contributed by atoms with Crippen LogP contribution in [0, 0.1) is 6.92 Å². The number of nitrogens with zero attached hydrogens (tertiary/aromatic N) is 1. The number of aryl methyl sites for hydroxylation is 1. The Morgan fingerprint density at radius 1 is 1.15 bits per heavy atom. The zero-order valence-corrected chi connectivity index (χ0v) is 15.3. The molecule has 3 aromatic rings. The molecule has 2 heterocycles. The highest BCUT2D eigenvalue weighted by molar-refractivity contribution is 6.17. The lowest BCUT2D eigenvalue weighted by Crippen LogP contribution is -2.39. The van der Waals surface area contributed by atoms with E-state index in [1.54, 1.807) is 6.92 Å². The highest BCUT2D eigenvalue weighted by atomic mass is 16.5. The van der Waals surface area contributed by atoms with Crippen molar-refractivity contribution in [3.63, 3.8) is 0 Å². The van der Waals surface area contributed by atoms with Crippen LogP contribution in [0.15, 0.2) is 28.7 Å². The Bertz CT molecular complexity index is 1030. The van der Waals surface area contributed by atoms with Crippen molar-refractivity contribution in [3.05, 3.63) is 41.2 Å². The van der Waals surface area contributed by atoms with Crippen LogP contribution in [0.3, 0.4) is 0 Å². The SMILES string of the molecule is CC(=O)c1c(C)oc2c1c1c(c3ccccc32)OCN(C2CCCC2)C1. The maximum atomic E-state index is 12.4. The summed E-state index contributed by atoms with van der Waals surface area (Å²) in [7, 11) is 0. The van der Waals surface area contributed by atoms with Crippen LogP contribution in [0.25, 0.3) is 21.7 Å². The summed E-state index contributed by atoms with van der Waals surface area (Å²) in [6, 6.07) is 8.76. The predicted molar refractivity (Wildman–Crippen MR) is 102 cm³/mol. The fourth-order valence-corrected chi connectivity index (χ4v) is 4.82. The maximum Gasteiger partial charge on any atom is 0.163 e. The van der Waals surface area contributed by atoms with E-state index in [0.29, 0.717) is 24.1 Å². The molecule has 0 saturated heterocycles. The minimum absolute atomic E-state index is 0.0525. The molecule has 0 N–H and O–H groups in total. The smallest absolute Gasteiger partial charge is 0.163 e. The summed E-state index contributed by atoms with van der Waals surface area (Å²) in [4.78, 5) is 14.8. The molecule has 0 amide bonds. The van der Waals surface area contributed by atoms with Crippen LogP contribution in [-0.2, 0) is 6.54 Å². The predicted octanol–water partition coefficient (Wildman–Crippen LogP) is 5.19. The molecular formula is C22H23NO3. The van der Waals surface area contributed by atoms with Gasteiger partial charge in [-0.25, -0.2) is 0 Å². The molecule has 26 heavy (non-hydrogen) atoms. The molecule has 134 valence electrons. The van der Waals surface area contributed by atoms with E-state index in [2.05, 4.69) is 17.0 Å². The summed E-state index contributed by atoms with van der Waals surface area (Å²) in [5.41, 5.74) is 2.64. The van der Waals surface area contributed by atoms with Gasteiger partial charge < -0.3 is 9.15 Å². The number of furan rings is 1. The zero-order chi connectivity index (χ0) is 17.8. The van der Waals surface area contributed by atoms with E-state index in [-0.39, 0.29) is 5.78 Å². The molecule has 1 aromatic heterocycles. The van der Waals surface area contributed by atoms with Crippen LogP contribution in [0.5, 0.6) is 5.75 Å². The number of carbonyl (C=O) groups is 1. The van der Waals surface area contributed by atoms with E-state index in [9.17, 15) is 4.79 Å². The highest BCUT2D eigenvalue weighted by Crippen LogP contribution is 2.44. The summed E-state index contributed by atoms with van der Waals surface area (Å²) < 4.78 is 12.4. The second kappa shape index (κ2) is 5.85. The molecule has 0 radical (unpaired) electrons. The number of benzene rings is 2. The lowest BCUT2D eigenvalue weighted by atomic mass is 9.95. The summed E-state index contributed by atoms with van der Waals surface area (Å²) in [5, 5.41) is 3.04. The van der Waals surface area contributed by atoms with Gasteiger partial charge in [-0.05, 0) is 26.7 Å². The molecule has 4 nitrogen and oxygen atoms in total. The Hall–Kier alpha value is -2.33. The van der Waals surface area contributed by atoms with Crippen LogP contribution in [0.1, 0.15) is 54.3 Å². The van der Waals surface area contributed by atoms with E-state index in [1.807, 2.05) is 19.1 Å². The Kier molecular flexibility index (Phi) is 3.57. The largest absolute Gasteiger partial charge is 0.477 e. The quantitative estimate of drug-likeness (QED) is 0.597. The molecule has 1 aliphatic heterocycles. The van der Waals surface area contributed by atoms with Crippen molar-refractivity contribution in [3.8, 4) is 5.75 Å². The number of hydrogen-bond acceptors (Lipinski definition) is 4. The number of Topliss-reactive ketones (excluding diaryl/α,β-unsaturated/α-hetero) is 1. The Morgan fingerprint density at radius 2 is 1.88 bits per heavy atom. The monoisotopic (exact) mass is 349 g/mol. The third-order valence-corrected chi connectivity index (χ3v) is 6.01. The summed E-state index contributed by atoms with van der Waals surface area (Å²) >= 11 is 0. The Morgan fingerprint density at radius 3 is 2.62 bits per heavy atom. The van der Waals surface area contributed by atoms with Crippen molar-refractivity contribution in [1.82, 2.24) is 4.90 Å². The van der Waals surface area contributed by atoms with E-state index in [1.165, 1.54) is 25.7 Å². The molecule has 1 fully saturated rings. The van der Waals surface area contributed by atoms with Gasteiger partial charge in [-0.1, -0.05) is 37.1 Å². The molecule has 4 heteroatoms. The number of carbonyl (C=O) groups excluding carboxylic acids is 1. The van der Waals surface area contributed by atoms with Crippen molar-refractivity contribution in [2.45, 2.75) is 52.1 Å². The van der Waals surface area contributed by atoms with Crippen molar-refractivity contribution in [1.29, 1.82) is 0 Å². The van der Waals surface area contributed by atoms with Crippen LogP contribution >= 0.6 is 0 Å². The number of rotatable bonds is 2. The Labute approximate surface area is 152 Å². The van der Waals surface area contributed by atoms with E-state index in [4.69, 9.17) is 9.15 Å². The number of fused-ring (bicyclic) bond motifs is 6. The first-order chi connectivity index (χ1) is 12.6. The maximum absolute atomic E-state index is 12.4. The van der Waals surface area contributed by atoms with E-state index in [0.717, 1.165) is 39.6 Å². The molecule has 0 spiro atoms. The average Bonchev–Trinajstić information content (AvgIpc) is 3.29. The third-order valence-electron chi connectivity index (χ3n) is 6.01. The van der Waals surface area contributed by atoms with Gasteiger partial charge in [-0.3, -0.25) is 9.69 Å². The summed E-state index contributed by atoms with van der Waals surface area (Å²) in [6.45, 7) is 4.95. The lowest BCUT2D eigenvalue weighted by Gasteiger charge is -2.34. The molecule has 0 atom stereocenters. The fraction of sp³-hybridized carbons (Fsp3) is 0.409. The van der Waals surface area contributed by atoms with Gasteiger partial charge in [0.05, 0.1) is 5.56 Å². The van der Waals surface area contributed by atoms with Crippen molar-refractivity contribution in [2.24, 2.45) is 0 Å². The van der Waals surface area contributed by atoms with E-state index >= 15 is 0 Å².